The lowest BCUT2D eigenvalue weighted by Crippen LogP contribution is -2.23. The summed E-state index contributed by atoms with van der Waals surface area (Å²) in [5, 5.41) is 1.92. The van der Waals surface area contributed by atoms with Crippen molar-refractivity contribution in [1.82, 2.24) is 4.72 Å². The molecule has 4 nitrogen and oxygen atoms in total. The largest absolute Gasteiger partial charge is 0.398 e. The number of aryl methyl sites for hydroxylation is 1. The third-order valence-electron chi connectivity index (χ3n) is 3.31. The molecule has 1 aromatic carbocycles. The Hall–Kier alpha value is -1.44. The van der Waals surface area contributed by atoms with E-state index in [1.807, 2.05) is 18.4 Å². The van der Waals surface area contributed by atoms with Gasteiger partial charge in [-0.2, -0.15) is 0 Å². The molecule has 0 aliphatic rings. The number of hydrogen-bond donors (Lipinski definition) is 2. The van der Waals surface area contributed by atoms with Gasteiger partial charge in [-0.15, -0.1) is 11.3 Å². The molecule has 0 fully saturated rings. The number of halogens is 1. The van der Waals surface area contributed by atoms with E-state index in [-0.39, 0.29) is 22.7 Å². The zero-order chi connectivity index (χ0) is 15.6. The predicted molar refractivity (Wildman–Crippen MR) is 83.3 cm³/mol. The number of benzene rings is 1. The maximum absolute atomic E-state index is 13.6. The van der Waals surface area contributed by atoms with Gasteiger partial charge in [0.2, 0.25) is 10.0 Å². The van der Waals surface area contributed by atoms with Gasteiger partial charge in [0.1, 0.15) is 5.82 Å². The van der Waals surface area contributed by atoms with Crippen LogP contribution < -0.4 is 10.5 Å². The number of hydrogen-bond acceptors (Lipinski definition) is 4. The normalized spacial score (nSPS) is 11.8. The Bertz CT molecular complexity index is 731. The molecular formula is C14H17FN2O2S2. The summed E-state index contributed by atoms with van der Waals surface area (Å²) >= 11 is 1.49. The van der Waals surface area contributed by atoms with E-state index in [4.69, 9.17) is 5.73 Å². The van der Waals surface area contributed by atoms with E-state index in [1.54, 1.807) is 0 Å². The van der Waals surface area contributed by atoms with Gasteiger partial charge in [-0.1, -0.05) is 6.92 Å². The van der Waals surface area contributed by atoms with Gasteiger partial charge in [-0.3, -0.25) is 0 Å². The second kappa shape index (κ2) is 6.13. The Morgan fingerprint density at radius 3 is 2.71 bits per heavy atom. The summed E-state index contributed by atoms with van der Waals surface area (Å²) in [6, 6.07) is 4.23. The Kier molecular flexibility index (Phi) is 4.65. The van der Waals surface area contributed by atoms with Crippen LogP contribution in [-0.2, 0) is 23.0 Å². The molecule has 0 saturated carbocycles. The highest BCUT2D eigenvalue weighted by atomic mass is 32.2. The fraction of sp³-hybridized carbons (Fsp3) is 0.286. The number of nitrogen functional groups attached to an aromatic ring is 1. The minimum Gasteiger partial charge on any atom is -0.398 e. The average molecular weight is 328 g/mol. The van der Waals surface area contributed by atoms with Crippen LogP contribution in [0.1, 0.15) is 22.9 Å². The van der Waals surface area contributed by atoms with Crippen LogP contribution >= 0.6 is 11.3 Å². The SMILES string of the molecule is CCc1ccsc1CNS(=O)(=O)c1cc(N)c(C)c(F)c1. The molecule has 0 bridgehead atoms. The first-order valence-electron chi connectivity index (χ1n) is 6.45. The summed E-state index contributed by atoms with van der Waals surface area (Å²) < 4.78 is 40.5. The first-order valence-corrected chi connectivity index (χ1v) is 8.82. The number of rotatable bonds is 5. The topological polar surface area (TPSA) is 72.2 Å². The Labute approximate surface area is 127 Å². The van der Waals surface area contributed by atoms with E-state index < -0.39 is 15.8 Å². The molecule has 7 heteroatoms. The van der Waals surface area contributed by atoms with Crippen molar-refractivity contribution >= 4 is 27.0 Å². The number of nitrogens with two attached hydrogens (primary N) is 1. The van der Waals surface area contributed by atoms with Crippen LogP contribution in [0.15, 0.2) is 28.5 Å². The summed E-state index contributed by atoms with van der Waals surface area (Å²) in [6.45, 7) is 3.71. The minimum atomic E-state index is -3.79. The van der Waals surface area contributed by atoms with Gasteiger partial charge in [0, 0.05) is 22.7 Å². The molecule has 2 rings (SSSR count). The lowest BCUT2D eigenvalue weighted by atomic mass is 10.2. The zero-order valence-electron chi connectivity index (χ0n) is 11.8. The van der Waals surface area contributed by atoms with Crippen molar-refractivity contribution in [2.45, 2.75) is 31.7 Å². The van der Waals surface area contributed by atoms with Gasteiger partial charge in [-0.05, 0) is 42.5 Å². The lowest BCUT2D eigenvalue weighted by Gasteiger charge is -2.09. The summed E-state index contributed by atoms with van der Waals surface area (Å²) in [6.07, 6.45) is 0.840. The molecule has 3 N–H and O–H groups in total. The number of anilines is 1. The van der Waals surface area contributed by atoms with Crippen LogP contribution in [-0.4, -0.2) is 8.42 Å². The molecule has 0 amide bonds. The van der Waals surface area contributed by atoms with Crippen LogP contribution in [0.5, 0.6) is 0 Å². The summed E-state index contributed by atoms with van der Waals surface area (Å²) in [4.78, 5) is 0.805. The van der Waals surface area contributed by atoms with Crippen molar-refractivity contribution in [1.29, 1.82) is 0 Å². The smallest absolute Gasteiger partial charge is 0.241 e. The average Bonchev–Trinajstić information content (AvgIpc) is 2.89. The van der Waals surface area contributed by atoms with Gasteiger partial charge in [-0.25, -0.2) is 17.5 Å². The first kappa shape index (κ1) is 15.9. The van der Waals surface area contributed by atoms with Crippen molar-refractivity contribution in [2.24, 2.45) is 0 Å². The van der Waals surface area contributed by atoms with Crippen LogP contribution in [0.4, 0.5) is 10.1 Å². The fourth-order valence-corrected chi connectivity index (χ4v) is 3.96. The molecule has 0 spiro atoms. The molecular weight excluding hydrogens is 311 g/mol. The third kappa shape index (κ3) is 3.42. The van der Waals surface area contributed by atoms with Gasteiger partial charge < -0.3 is 5.73 Å². The predicted octanol–water partition coefficient (Wildman–Crippen LogP) is 2.82. The molecule has 1 heterocycles. The minimum absolute atomic E-state index is 0.126. The van der Waals surface area contributed by atoms with E-state index in [2.05, 4.69) is 4.72 Å². The Balaban J connectivity index is 2.23. The molecule has 0 unspecified atom stereocenters. The van der Waals surface area contributed by atoms with E-state index in [0.29, 0.717) is 0 Å². The molecule has 114 valence electrons. The molecule has 0 aliphatic carbocycles. The Morgan fingerprint density at radius 1 is 1.38 bits per heavy atom. The number of thiophene rings is 1. The standard InChI is InChI=1S/C14H17FN2O2S2/c1-3-10-4-5-20-14(10)8-17-21(18,19)11-6-12(15)9(2)13(16)7-11/h4-7,17H,3,8,16H2,1-2H3. The highest BCUT2D eigenvalue weighted by Gasteiger charge is 2.18. The number of sulfonamides is 1. The zero-order valence-corrected chi connectivity index (χ0v) is 13.4. The summed E-state index contributed by atoms with van der Waals surface area (Å²) in [5.74, 6) is -0.624. The highest BCUT2D eigenvalue weighted by molar-refractivity contribution is 7.89. The van der Waals surface area contributed by atoms with E-state index in [9.17, 15) is 12.8 Å². The van der Waals surface area contributed by atoms with Crippen molar-refractivity contribution in [2.75, 3.05) is 5.73 Å². The molecule has 21 heavy (non-hydrogen) atoms. The van der Waals surface area contributed by atoms with Crippen LogP contribution in [0, 0.1) is 12.7 Å². The van der Waals surface area contributed by atoms with Crippen molar-refractivity contribution < 1.29 is 12.8 Å². The van der Waals surface area contributed by atoms with Gasteiger partial charge in [0.15, 0.2) is 0 Å². The summed E-state index contributed by atoms with van der Waals surface area (Å²) in [7, 11) is -3.79. The molecule has 1 aromatic heterocycles. The maximum Gasteiger partial charge on any atom is 0.241 e. The fourth-order valence-electron chi connectivity index (χ4n) is 1.91. The second-order valence-corrected chi connectivity index (χ2v) is 7.43. The lowest BCUT2D eigenvalue weighted by molar-refractivity contribution is 0.577. The Morgan fingerprint density at radius 2 is 2.10 bits per heavy atom. The maximum atomic E-state index is 13.6. The van der Waals surface area contributed by atoms with Gasteiger partial charge >= 0.3 is 0 Å². The van der Waals surface area contributed by atoms with E-state index in [0.717, 1.165) is 22.9 Å². The molecule has 0 aliphatic heterocycles. The quantitative estimate of drug-likeness (QED) is 0.829. The van der Waals surface area contributed by atoms with Crippen LogP contribution in [0.2, 0.25) is 0 Å². The van der Waals surface area contributed by atoms with Gasteiger partial charge in [0.25, 0.3) is 0 Å². The van der Waals surface area contributed by atoms with Crippen LogP contribution in [0.25, 0.3) is 0 Å². The summed E-state index contributed by atoms with van der Waals surface area (Å²) in [5.41, 5.74) is 7.11. The number of nitrogens with one attached hydrogen (secondary N) is 1. The van der Waals surface area contributed by atoms with Crippen molar-refractivity contribution in [3.63, 3.8) is 0 Å². The monoisotopic (exact) mass is 328 g/mol. The first-order chi connectivity index (χ1) is 9.85. The third-order valence-corrected chi connectivity index (χ3v) is 5.65. The highest BCUT2D eigenvalue weighted by Crippen LogP contribution is 2.22. The van der Waals surface area contributed by atoms with Gasteiger partial charge in [0.05, 0.1) is 4.90 Å². The molecule has 2 aromatic rings. The molecule has 0 saturated heterocycles. The van der Waals surface area contributed by atoms with Crippen molar-refractivity contribution in [3.8, 4) is 0 Å². The van der Waals surface area contributed by atoms with Crippen molar-refractivity contribution in [3.05, 3.63) is 45.4 Å². The van der Waals surface area contributed by atoms with E-state index >= 15 is 0 Å². The van der Waals surface area contributed by atoms with Crippen LogP contribution in [0.3, 0.4) is 0 Å². The second-order valence-electron chi connectivity index (χ2n) is 4.67. The molecule has 0 atom stereocenters. The molecule has 0 radical (unpaired) electrons. The van der Waals surface area contributed by atoms with E-state index in [1.165, 1.54) is 24.3 Å².